The predicted molar refractivity (Wildman–Crippen MR) is 145 cm³/mol. The number of hydrogen-bond acceptors (Lipinski definition) is 6. The largest absolute Gasteiger partial charge is 0.494 e. The van der Waals surface area contributed by atoms with Crippen LogP contribution in [0.4, 0.5) is 11.4 Å². The first kappa shape index (κ1) is 27.2. The van der Waals surface area contributed by atoms with Gasteiger partial charge in [-0.2, -0.15) is 4.72 Å². The molecule has 0 aliphatic carbocycles. The Morgan fingerprint density at radius 2 is 1.74 bits per heavy atom. The smallest absolute Gasteiger partial charge is 0.243 e. The summed E-state index contributed by atoms with van der Waals surface area (Å²) in [6.45, 7) is 4.52. The molecular formula is C28H31N3O6S. The monoisotopic (exact) mass is 537 g/mol. The minimum atomic E-state index is -4.08. The van der Waals surface area contributed by atoms with E-state index in [-0.39, 0.29) is 23.6 Å². The van der Waals surface area contributed by atoms with Crippen LogP contribution in [0.1, 0.15) is 31.4 Å². The topological polar surface area (TPSA) is 123 Å². The SMILES string of the molecule is CCOc1ccc(OCC)c(NC(=O)[C@H](Cc2ccccc2)NS(=O)(=O)c2ccc3c(c2)CCC(=O)N3)c1. The molecule has 1 aliphatic rings. The summed E-state index contributed by atoms with van der Waals surface area (Å²) < 4.78 is 40.7. The van der Waals surface area contributed by atoms with Crippen molar-refractivity contribution in [3.05, 3.63) is 77.9 Å². The van der Waals surface area contributed by atoms with E-state index in [0.29, 0.717) is 42.5 Å². The van der Waals surface area contributed by atoms with Gasteiger partial charge in [-0.15, -0.1) is 0 Å². The average Bonchev–Trinajstić information content (AvgIpc) is 2.90. The van der Waals surface area contributed by atoms with Crippen LogP contribution in [0, 0.1) is 0 Å². The lowest BCUT2D eigenvalue weighted by molar-refractivity contribution is -0.118. The number of hydrogen-bond donors (Lipinski definition) is 3. The van der Waals surface area contributed by atoms with Crippen molar-refractivity contribution in [2.24, 2.45) is 0 Å². The molecule has 1 heterocycles. The maximum atomic E-state index is 13.5. The number of carbonyl (C=O) groups is 2. The highest BCUT2D eigenvalue weighted by Crippen LogP contribution is 2.30. The third-order valence-electron chi connectivity index (χ3n) is 6.00. The van der Waals surface area contributed by atoms with Crippen molar-refractivity contribution in [2.45, 2.75) is 44.0 Å². The Hall–Kier alpha value is -3.89. The number of carbonyl (C=O) groups excluding carboxylic acids is 2. The van der Waals surface area contributed by atoms with Gasteiger partial charge in [-0.3, -0.25) is 9.59 Å². The fourth-order valence-corrected chi connectivity index (χ4v) is 5.43. The minimum Gasteiger partial charge on any atom is -0.494 e. The highest BCUT2D eigenvalue weighted by molar-refractivity contribution is 7.89. The molecule has 1 aliphatic heterocycles. The van der Waals surface area contributed by atoms with Gasteiger partial charge in [-0.1, -0.05) is 30.3 Å². The van der Waals surface area contributed by atoms with Gasteiger partial charge in [-0.05, 0) is 68.1 Å². The molecule has 0 bridgehead atoms. The van der Waals surface area contributed by atoms with E-state index in [2.05, 4.69) is 15.4 Å². The van der Waals surface area contributed by atoms with Crippen molar-refractivity contribution in [2.75, 3.05) is 23.8 Å². The maximum absolute atomic E-state index is 13.5. The average molecular weight is 538 g/mol. The Balaban J connectivity index is 1.62. The summed E-state index contributed by atoms with van der Waals surface area (Å²) in [7, 11) is -4.08. The molecule has 9 nitrogen and oxygen atoms in total. The zero-order valence-corrected chi connectivity index (χ0v) is 22.1. The molecule has 0 spiro atoms. The van der Waals surface area contributed by atoms with Crippen LogP contribution in [0.3, 0.4) is 0 Å². The molecule has 3 N–H and O–H groups in total. The molecule has 1 atom stereocenters. The van der Waals surface area contributed by atoms with E-state index in [4.69, 9.17) is 9.47 Å². The Morgan fingerprint density at radius 1 is 0.974 bits per heavy atom. The van der Waals surface area contributed by atoms with Crippen molar-refractivity contribution in [3.8, 4) is 11.5 Å². The van der Waals surface area contributed by atoms with Crippen LogP contribution >= 0.6 is 0 Å². The maximum Gasteiger partial charge on any atom is 0.243 e. The van der Waals surface area contributed by atoms with E-state index in [0.717, 1.165) is 11.1 Å². The van der Waals surface area contributed by atoms with Crippen molar-refractivity contribution >= 4 is 33.2 Å². The first-order valence-corrected chi connectivity index (χ1v) is 14.0. The number of ether oxygens (including phenoxy) is 2. The van der Waals surface area contributed by atoms with E-state index in [1.165, 1.54) is 12.1 Å². The van der Waals surface area contributed by atoms with E-state index >= 15 is 0 Å². The summed E-state index contributed by atoms with van der Waals surface area (Å²) in [5.41, 5.74) is 2.49. The zero-order valence-electron chi connectivity index (χ0n) is 21.3. The summed E-state index contributed by atoms with van der Waals surface area (Å²) in [6.07, 6.45) is 0.850. The molecular weight excluding hydrogens is 506 g/mol. The predicted octanol–water partition coefficient (Wildman–Crippen LogP) is 3.90. The molecule has 0 fully saturated rings. The highest BCUT2D eigenvalue weighted by Gasteiger charge is 2.28. The first-order chi connectivity index (χ1) is 18.3. The van der Waals surface area contributed by atoms with Crippen LogP contribution in [0.25, 0.3) is 0 Å². The fraction of sp³-hybridized carbons (Fsp3) is 0.286. The Kier molecular flexibility index (Phi) is 8.65. The molecule has 200 valence electrons. The summed E-state index contributed by atoms with van der Waals surface area (Å²) in [5.74, 6) is 0.345. The molecule has 0 saturated heterocycles. The Labute approximate surface area is 222 Å². The molecule has 3 aromatic carbocycles. The van der Waals surface area contributed by atoms with Gasteiger partial charge in [0.2, 0.25) is 21.8 Å². The summed E-state index contributed by atoms with van der Waals surface area (Å²) in [5, 5.41) is 5.57. The van der Waals surface area contributed by atoms with Crippen LogP contribution in [0.5, 0.6) is 11.5 Å². The van der Waals surface area contributed by atoms with Crippen molar-refractivity contribution < 1.29 is 27.5 Å². The second-order valence-electron chi connectivity index (χ2n) is 8.74. The van der Waals surface area contributed by atoms with Crippen molar-refractivity contribution in [1.82, 2.24) is 4.72 Å². The second kappa shape index (κ2) is 12.1. The molecule has 0 aromatic heterocycles. The molecule has 0 saturated carbocycles. The van der Waals surface area contributed by atoms with Gasteiger partial charge in [0.15, 0.2) is 0 Å². The number of amides is 2. The third kappa shape index (κ3) is 6.70. The lowest BCUT2D eigenvalue weighted by Gasteiger charge is -2.21. The lowest BCUT2D eigenvalue weighted by atomic mass is 10.0. The van der Waals surface area contributed by atoms with Crippen LogP contribution in [-0.4, -0.2) is 39.5 Å². The normalized spacial score (nSPS) is 13.7. The number of anilines is 2. The van der Waals surface area contributed by atoms with Gasteiger partial charge in [0, 0.05) is 18.2 Å². The summed E-state index contributed by atoms with van der Waals surface area (Å²) >= 11 is 0. The van der Waals surface area contributed by atoms with E-state index in [1.807, 2.05) is 44.2 Å². The molecule has 38 heavy (non-hydrogen) atoms. The van der Waals surface area contributed by atoms with Crippen molar-refractivity contribution in [1.29, 1.82) is 0 Å². The third-order valence-corrected chi connectivity index (χ3v) is 7.47. The van der Waals surface area contributed by atoms with Gasteiger partial charge in [-0.25, -0.2) is 8.42 Å². The quantitative estimate of drug-likeness (QED) is 0.341. The number of fused-ring (bicyclic) bond motifs is 1. The zero-order chi connectivity index (χ0) is 27.1. The van der Waals surface area contributed by atoms with E-state index < -0.39 is 22.0 Å². The number of sulfonamides is 1. The lowest BCUT2D eigenvalue weighted by Crippen LogP contribution is -2.45. The van der Waals surface area contributed by atoms with Crippen LogP contribution in [-0.2, 0) is 32.5 Å². The summed E-state index contributed by atoms with van der Waals surface area (Å²) in [6, 6.07) is 17.7. The number of aryl methyl sites for hydroxylation is 1. The van der Waals surface area contributed by atoms with Gasteiger partial charge >= 0.3 is 0 Å². The van der Waals surface area contributed by atoms with Gasteiger partial charge in [0.05, 0.1) is 23.8 Å². The van der Waals surface area contributed by atoms with Gasteiger partial charge in [0.1, 0.15) is 17.5 Å². The van der Waals surface area contributed by atoms with Crippen LogP contribution in [0.15, 0.2) is 71.6 Å². The van der Waals surface area contributed by atoms with Gasteiger partial charge in [0.25, 0.3) is 0 Å². The Morgan fingerprint density at radius 3 is 2.47 bits per heavy atom. The number of rotatable bonds is 11. The summed E-state index contributed by atoms with van der Waals surface area (Å²) in [4.78, 5) is 25.2. The number of benzene rings is 3. The van der Waals surface area contributed by atoms with E-state index in [1.54, 1.807) is 24.3 Å². The molecule has 4 rings (SSSR count). The first-order valence-electron chi connectivity index (χ1n) is 12.5. The molecule has 3 aromatic rings. The van der Waals surface area contributed by atoms with E-state index in [9.17, 15) is 18.0 Å². The van der Waals surface area contributed by atoms with Crippen molar-refractivity contribution in [3.63, 3.8) is 0 Å². The van der Waals surface area contributed by atoms with Gasteiger partial charge < -0.3 is 20.1 Å². The van der Waals surface area contributed by atoms with Crippen LogP contribution < -0.4 is 24.8 Å². The standard InChI is InChI=1S/C28H31N3O6S/c1-3-36-21-11-14-26(37-4-2)24(18-21)30-28(33)25(16-19-8-6-5-7-9-19)31-38(34,35)22-12-13-23-20(17-22)10-15-27(32)29-23/h5-9,11-14,17-18,25,31H,3-4,10,15-16H2,1-2H3,(H,29,32)(H,30,33)/t25-/m0/s1. The Bertz CT molecular complexity index is 1410. The molecule has 2 amide bonds. The fourth-order valence-electron chi connectivity index (χ4n) is 4.18. The molecule has 0 unspecified atom stereocenters. The number of nitrogens with one attached hydrogen (secondary N) is 3. The highest BCUT2D eigenvalue weighted by atomic mass is 32.2. The molecule has 0 radical (unpaired) electrons. The second-order valence-corrected chi connectivity index (χ2v) is 10.5. The molecule has 10 heteroatoms. The van der Waals surface area contributed by atoms with Crippen LogP contribution in [0.2, 0.25) is 0 Å². The minimum absolute atomic E-state index is 0.0200.